The summed E-state index contributed by atoms with van der Waals surface area (Å²) in [5.41, 5.74) is 7.08. The number of ether oxygens (including phenoxy) is 1. The molecule has 0 spiro atoms. The molecule has 2 N–H and O–H groups in total. The van der Waals surface area contributed by atoms with Crippen LogP contribution in [0.4, 0.5) is 5.69 Å². The Balaban J connectivity index is 2.05. The highest BCUT2D eigenvalue weighted by Crippen LogP contribution is 2.24. The summed E-state index contributed by atoms with van der Waals surface area (Å²) in [7, 11) is 0. The van der Waals surface area contributed by atoms with Crippen molar-refractivity contribution in [2.24, 2.45) is 0 Å². The Kier molecular flexibility index (Phi) is 4.30. The zero-order valence-corrected chi connectivity index (χ0v) is 11.4. The Hall–Kier alpha value is -1.71. The Labute approximate surface area is 120 Å². The predicted molar refractivity (Wildman–Crippen MR) is 76.4 cm³/mol. The number of esters is 1. The van der Waals surface area contributed by atoms with E-state index in [0.29, 0.717) is 10.7 Å². The molecule has 0 aliphatic rings. The third kappa shape index (κ3) is 3.40. The van der Waals surface area contributed by atoms with Crippen LogP contribution < -0.4 is 5.73 Å². The minimum absolute atomic E-state index is 0.154. The molecule has 19 heavy (non-hydrogen) atoms. The van der Waals surface area contributed by atoms with E-state index < -0.39 is 5.97 Å². The number of carbonyl (C=O) groups is 1. The van der Waals surface area contributed by atoms with Crippen molar-refractivity contribution in [2.45, 2.75) is 6.61 Å². The molecule has 2 aromatic rings. The Morgan fingerprint density at radius 1 is 1.11 bits per heavy atom. The maximum absolute atomic E-state index is 11.9. The molecule has 0 heterocycles. The van der Waals surface area contributed by atoms with Crippen molar-refractivity contribution in [3.05, 3.63) is 63.6 Å². The van der Waals surface area contributed by atoms with Gasteiger partial charge in [0.2, 0.25) is 0 Å². The number of nitrogen functional groups attached to an aromatic ring is 1. The summed E-state index contributed by atoms with van der Waals surface area (Å²) in [5.74, 6) is -0.507. The van der Waals surface area contributed by atoms with Gasteiger partial charge in [-0.05, 0) is 29.8 Å². The summed E-state index contributed by atoms with van der Waals surface area (Å²) < 4.78 is 5.17. The molecule has 2 aromatic carbocycles. The first-order valence-electron chi connectivity index (χ1n) is 5.53. The van der Waals surface area contributed by atoms with Gasteiger partial charge in [-0.3, -0.25) is 0 Å². The third-order valence-electron chi connectivity index (χ3n) is 2.53. The van der Waals surface area contributed by atoms with E-state index in [-0.39, 0.29) is 17.2 Å². The lowest BCUT2D eigenvalue weighted by atomic mass is 10.2. The zero-order valence-electron chi connectivity index (χ0n) is 9.90. The van der Waals surface area contributed by atoms with Crippen LogP contribution in [-0.2, 0) is 11.3 Å². The van der Waals surface area contributed by atoms with Crippen LogP contribution in [0.15, 0.2) is 42.5 Å². The maximum Gasteiger partial charge on any atom is 0.340 e. The van der Waals surface area contributed by atoms with Crippen LogP contribution in [0.1, 0.15) is 15.9 Å². The average molecular weight is 296 g/mol. The molecule has 0 aliphatic heterocycles. The first-order chi connectivity index (χ1) is 9.08. The van der Waals surface area contributed by atoms with E-state index in [1.54, 1.807) is 42.5 Å². The Morgan fingerprint density at radius 2 is 1.79 bits per heavy atom. The average Bonchev–Trinajstić information content (AvgIpc) is 2.41. The van der Waals surface area contributed by atoms with E-state index >= 15 is 0 Å². The fourth-order valence-corrected chi connectivity index (χ4v) is 1.84. The smallest absolute Gasteiger partial charge is 0.340 e. The van der Waals surface area contributed by atoms with E-state index in [4.69, 9.17) is 33.7 Å². The fraction of sp³-hybridized carbons (Fsp3) is 0.0714. The highest BCUT2D eigenvalue weighted by molar-refractivity contribution is 6.36. The van der Waals surface area contributed by atoms with Gasteiger partial charge >= 0.3 is 5.97 Å². The summed E-state index contributed by atoms with van der Waals surface area (Å²) in [6, 6.07) is 11.9. The van der Waals surface area contributed by atoms with E-state index in [9.17, 15) is 4.79 Å². The van der Waals surface area contributed by atoms with Gasteiger partial charge in [-0.2, -0.15) is 0 Å². The number of hydrogen-bond acceptors (Lipinski definition) is 3. The normalized spacial score (nSPS) is 10.2. The second kappa shape index (κ2) is 5.95. The molecule has 2 rings (SSSR count). The van der Waals surface area contributed by atoms with E-state index in [1.165, 1.54) is 0 Å². The summed E-state index contributed by atoms with van der Waals surface area (Å²) in [4.78, 5) is 11.9. The number of nitrogens with two attached hydrogens (primary N) is 1. The van der Waals surface area contributed by atoms with Crippen LogP contribution in [0.2, 0.25) is 10.0 Å². The van der Waals surface area contributed by atoms with Crippen molar-refractivity contribution in [1.82, 2.24) is 0 Å². The highest BCUT2D eigenvalue weighted by Gasteiger charge is 2.13. The molecule has 0 aromatic heterocycles. The lowest BCUT2D eigenvalue weighted by Gasteiger charge is -2.07. The minimum Gasteiger partial charge on any atom is -0.457 e. The molecule has 0 aliphatic carbocycles. The van der Waals surface area contributed by atoms with Crippen molar-refractivity contribution in [3.8, 4) is 0 Å². The summed E-state index contributed by atoms with van der Waals surface area (Å²) in [5, 5.41) is 0.845. The van der Waals surface area contributed by atoms with E-state index in [1.807, 2.05) is 0 Å². The molecule has 98 valence electrons. The molecule has 0 saturated heterocycles. The second-order valence-electron chi connectivity index (χ2n) is 3.91. The van der Waals surface area contributed by atoms with Gasteiger partial charge in [0.25, 0.3) is 0 Å². The van der Waals surface area contributed by atoms with Crippen LogP contribution >= 0.6 is 23.2 Å². The molecule has 0 radical (unpaired) electrons. The Bertz CT molecular complexity index is 597. The third-order valence-corrected chi connectivity index (χ3v) is 3.21. The molecule has 3 nitrogen and oxygen atoms in total. The van der Waals surface area contributed by atoms with Crippen molar-refractivity contribution in [2.75, 3.05) is 5.73 Å². The first kappa shape index (κ1) is 13.7. The summed E-state index contributed by atoms with van der Waals surface area (Å²) in [6.45, 7) is 0.154. The number of hydrogen-bond donors (Lipinski definition) is 1. The zero-order chi connectivity index (χ0) is 13.8. The van der Waals surface area contributed by atoms with Gasteiger partial charge in [0.1, 0.15) is 6.61 Å². The molecule has 0 unspecified atom stereocenters. The van der Waals surface area contributed by atoms with E-state index in [0.717, 1.165) is 5.56 Å². The lowest BCUT2D eigenvalue weighted by molar-refractivity contribution is 0.0473. The van der Waals surface area contributed by atoms with E-state index in [2.05, 4.69) is 0 Å². The standard InChI is InChI=1S/C14H11Cl2NO2/c15-10-6-4-9(5-7-10)8-19-14(18)11-2-1-3-12(17)13(11)16/h1-7H,8,17H2. The second-order valence-corrected chi connectivity index (χ2v) is 4.73. The number of halogens is 2. The molecule has 0 bridgehead atoms. The Morgan fingerprint density at radius 3 is 2.47 bits per heavy atom. The van der Waals surface area contributed by atoms with Gasteiger partial charge < -0.3 is 10.5 Å². The van der Waals surface area contributed by atoms with Gasteiger partial charge in [-0.15, -0.1) is 0 Å². The van der Waals surface area contributed by atoms with Crippen molar-refractivity contribution in [1.29, 1.82) is 0 Å². The number of rotatable bonds is 3. The van der Waals surface area contributed by atoms with Crippen LogP contribution in [0, 0.1) is 0 Å². The number of anilines is 1. The van der Waals surface area contributed by atoms with Crippen LogP contribution in [-0.4, -0.2) is 5.97 Å². The fourth-order valence-electron chi connectivity index (χ4n) is 1.51. The quantitative estimate of drug-likeness (QED) is 0.689. The van der Waals surface area contributed by atoms with Gasteiger partial charge in [-0.1, -0.05) is 41.4 Å². The summed E-state index contributed by atoms with van der Waals surface area (Å²) >= 11 is 11.7. The number of benzene rings is 2. The topological polar surface area (TPSA) is 52.3 Å². The highest BCUT2D eigenvalue weighted by atomic mass is 35.5. The summed E-state index contributed by atoms with van der Waals surface area (Å²) in [6.07, 6.45) is 0. The molecule has 0 atom stereocenters. The van der Waals surface area contributed by atoms with Crippen LogP contribution in [0.25, 0.3) is 0 Å². The van der Waals surface area contributed by atoms with Gasteiger partial charge in [0.15, 0.2) is 0 Å². The van der Waals surface area contributed by atoms with Crippen LogP contribution in [0.3, 0.4) is 0 Å². The van der Waals surface area contributed by atoms with Crippen molar-refractivity contribution < 1.29 is 9.53 Å². The predicted octanol–water partition coefficient (Wildman–Crippen LogP) is 3.93. The molecule has 0 amide bonds. The lowest BCUT2D eigenvalue weighted by Crippen LogP contribution is -2.07. The minimum atomic E-state index is -0.507. The van der Waals surface area contributed by atoms with Gasteiger partial charge in [0, 0.05) is 5.02 Å². The number of carbonyl (C=O) groups excluding carboxylic acids is 1. The largest absolute Gasteiger partial charge is 0.457 e. The van der Waals surface area contributed by atoms with Crippen molar-refractivity contribution >= 4 is 34.9 Å². The molecule has 0 fully saturated rings. The molecule has 5 heteroatoms. The maximum atomic E-state index is 11.9. The monoisotopic (exact) mass is 295 g/mol. The molecular weight excluding hydrogens is 285 g/mol. The molecular formula is C14H11Cl2NO2. The SMILES string of the molecule is Nc1cccc(C(=O)OCc2ccc(Cl)cc2)c1Cl. The first-order valence-corrected chi connectivity index (χ1v) is 6.29. The van der Waals surface area contributed by atoms with Crippen LogP contribution in [0.5, 0.6) is 0 Å². The molecule has 0 saturated carbocycles. The van der Waals surface area contributed by atoms with Gasteiger partial charge in [-0.25, -0.2) is 4.79 Å². The van der Waals surface area contributed by atoms with Gasteiger partial charge in [0.05, 0.1) is 16.3 Å². The van der Waals surface area contributed by atoms with Crippen molar-refractivity contribution in [3.63, 3.8) is 0 Å².